The van der Waals surface area contributed by atoms with Crippen molar-refractivity contribution in [2.24, 2.45) is 0 Å². The van der Waals surface area contributed by atoms with Gasteiger partial charge >= 0.3 is 0 Å². The lowest BCUT2D eigenvalue weighted by atomic mass is 10.1. The Hall–Kier alpha value is -1.09. The second-order valence-electron chi connectivity index (χ2n) is 2.86. The van der Waals surface area contributed by atoms with Gasteiger partial charge in [0.05, 0.1) is 0 Å². The third kappa shape index (κ3) is 3.00. The van der Waals surface area contributed by atoms with Crippen molar-refractivity contribution in [1.82, 2.24) is 0 Å². The monoisotopic (exact) mass is 254 g/mol. The Balaban J connectivity index is 2.89. The van der Waals surface area contributed by atoms with Crippen molar-refractivity contribution in [1.29, 1.82) is 0 Å². The predicted molar refractivity (Wildman–Crippen MR) is 60.0 cm³/mol. The second-order valence-corrected chi connectivity index (χ2v) is 3.77. The fraction of sp³-hybridized carbons (Fsp3) is 0.182. The van der Waals surface area contributed by atoms with Crippen LogP contribution in [0.15, 0.2) is 34.8 Å². The van der Waals surface area contributed by atoms with E-state index in [0.717, 1.165) is 4.47 Å². The van der Waals surface area contributed by atoms with Crippen LogP contribution >= 0.6 is 15.9 Å². The maximum Gasteiger partial charge on any atom is 0.159 e. The molecule has 1 aromatic rings. The van der Waals surface area contributed by atoms with Crippen LogP contribution in [0.5, 0.6) is 0 Å². The van der Waals surface area contributed by atoms with Gasteiger partial charge in [0.2, 0.25) is 0 Å². The fourth-order valence-corrected chi connectivity index (χ4v) is 1.22. The minimum absolute atomic E-state index is 0.0179. The van der Waals surface area contributed by atoms with Gasteiger partial charge in [-0.3, -0.25) is 4.79 Å². The summed E-state index contributed by atoms with van der Waals surface area (Å²) in [5.74, 6) is -0.0604. The highest BCUT2D eigenvalue weighted by Gasteiger charge is 2.01. The van der Waals surface area contributed by atoms with Gasteiger partial charge in [0.15, 0.2) is 5.78 Å². The largest absolute Gasteiger partial charge is 0.507 e. The molecule has 0 bridgehead atoms. The molecule has 0 aliphatic carbocycles. The van der Waals surface area contributed by atoms with E-state index >= 15 is 0 Å². The van der Waals surface area contributed by atoms with Gasteiger partial charge in [-0.1, -0.05) is 35.0 Å². The second kappa shape index (κ2) is 4.96. The molecule has 1 aromatic carbocycles. The number of hydrogen-bond acceptors (Lipinski definition) is 2. The van der Waals surface area contributed by atoms with E-state index in [1.807, 2.05) is 12.1 Å². The molecule has 2 nitrogen and oxygen atoms in total. The predicted octanol–water partition coefficient (Wildman–Crippen LogP) is 3.33. The summed E-state index contributed by atoms with van der Waals surface area (Å²) in [6.07, 6.45) is 1.66. The summed E-state index contributed by atoms with van der Waals surface area (Å²) in [7, 11) is 0. The minimum atomic E-state index is -0.0783. The maximum absolute atomic E-state index is 11.0. The van der Waals surface area contributed by atoms with Gasteiger partial charge in [0.25, 0.3) is 0 Å². The number of hydrogen-bond donors (Lipinski definition) is 1. The van der Waals surface area contributed by atoms with Crippen LogP contribution in [0.1, 0.15) is 18.9 Å². The van der Waals surface area contributed by atoms with E-state index in [1.165, 1.54) is 6.08 Å². The zero-order chi connectivity index (χ0) is 10.6. The number of aliphatic hydroxyl groups is 1. The summed E-state index contributed by atoms with van der Waals surface area (Å²) in [5.41, 5.74) is 0.648. The number of allylic oxidation sites excluding steroid dienone is 1. The number of benzene rings is 1. The number of aliphatic hydroxyl groups excluding tert-OH is 1. The molecule has 0 saturated carbocycles. The lowest BCUT2D eigenvalue weighted by Gasteiger charge is -1.99. The molecule has 0 amide bonds. The Morgan fingerprint density at radius 2 is 2.00 bits per heavy atom. The van der Waals surface area contributed by atoms with Gasteiger partial charge in [-0.15, -0.1) is 0 Å². The van der Waals surface area contributed by atoms with Crippen molar-refractivity contribution in [3.05, 3.63) is 40.4 Å². The Kier molecular flexibility index (Phi) is 3.89. The van der Waals surface area contributed by atoms with Crippen molar-refractivity contribution in [2.45, 2.75) is 13.3 Å². The minimum Gasteiger partial charge on any atom is -0.507 e. The molecule has 3 heteroatoms. The molecule has 1 N–H and O–H groups in total. The number of rotatable bonds is 3. The maximum atomic E-state index is 11.0. The SMILES string of the molecule is CCC(=O)/C=C(/O)c1ccc(Br)cc1. The molecule has 74 valence electrons. The van der Waals surface area contributed by atoms with Crippen LogP contribution in [0.2, 0.25) is 0 Å². The quantitative estimate of drug-likeness (QED) is 0.664. The molecule has 0 aromatic heterocycles. The number of ketones is 1. The van der Waals surface area contributed by atoms with E-state index in [0.29, 0.717) is 12.0 Å². The van der Waals surface area contributed by atoms with Crippen LogP contribution in [0, 0.1) is 0 Å². The van der Waals surface area contributed by atoms with E-state index in [4.69, 9.17) is 0 Å². The van der Waals surface area contributed by atoms with Crippen LogP contribution in [0.4, 0.5) is 0 Å². The zero-order valence-corrected chi connectivity index (χ0v) is 9.41. The average Bonchev–Trinajstić information content (AvgIpc) is 2.18. The van der Waals surface area contributed by atoms with Crippen molar-refractivity contribution in [2.75, 3.05) is 0 Å². The first-order valence-corrected chi connectivity index (χ1v) is 5.12. The Bertz CT molecular complexity index is 352. The molecular weight excluding hydrogens is 244 g/mol. The number of carbonyl (C=O) groups excluding carboxylic acids is 1. The first kappa shape index (κ1) is 11.0. The van der Waals surface area contributed by atoms with Gasteiger partial charge in [-0.25, -0.2) is 0 Å². The summed E-state index contributed by atoms with van der Waals surface area (Å²) in [6.45, 7) is 1.76. The Morgan fingerprint density at radius 3 is 2.50 bits per heavy atom. The van der Waals surface area contributed by atoms with Gasteiger partial charge in [-0.2, -0.15) is 0 Å². The first-order valence-electron chi connectivity index (χ1n) is 4.33. The molecule has 0 fully saturated rings. The fourth-order valence-electron chi connectivity index (χ4n) is 0.959. The van der Waals surface area contributed by atoms with Crippen LogP contribution < -0.4 is 0 Å². The summed E-state index contributed by atoms with van der Waals surface area (Å²) in [4.78, 5) is 11.0. The molecule has 1 rings (SSSR count). The molecule has 0 aliphatic rings. The molecule has 0 atom stereocenters. The zero-order valence-electron chi connectivity index (χ0n) is 7.83. The number of halogens is 1. The molecule has 0 aliphatic heterocycles. The Morgan fingerprint density at radius 1 is 1.43 bits per heavy atom. The van der Waals surface area contributed by atoms with E-state index in [2.05, 4.69) is 15.9 Å². The van der Waals surface area contributed by atoms with Gasteiger partial charge in [0.1, 0.15) is 5.76 Å². The van der Waals surface area contributed by atoms with E-state index in [9.17, 15) is 9.90 Å². The third-order valence-corrected chi connectivity index (χ3v) is 2.31. The summed E-state index contributed by atoms with van der Waals surface area (Å²) in [6, 6.07) is 7.13. The third-order valence-electron chi connectivity index (χ3n) is 1.79. The van der Waals surface area contributed by atoms with Gasteiger partial charge in [0, 0.05) is 22.5 Å². The van der Waals surface area contributed by atoms with Crippen LogP contribution in [-0.2, 0) is 4.79 Å². The van der Waals surface area contributed by atoms with Gasteiger partial charge < -0.3 is 5.11 Å². The van der Waals surface area contributed by atoms with E-state index < -0.39 is 0 Å². The Labute approximate surface area is 91.4 Å². The smallest absolute Gasteiger partial charge is 0.159 e. The summed E-state index contributed by atoms with van der Waals surface area (Å²) >= 11 is 3.29. The van der Waals surface area contributed by atoms with Crippen LogP contribution in [-0.4, -0.2) is 10.9 Å². The molecule has 14 heavy (non-hydrogen) atoms. The van der Waals surface area contributed by atoms with Crippen molar-refractivity contribution >= 4 is 27.5 Å². The normalized spacial score (nSPS) is 11.4. The highest BCUT2D eigenvalue weighted by molar-refractivity contribution is 9.10. The van der Waals surface area contributed by atoms with Crippen molar-refractivity contribution in [3.63, 3.8) is 0 Å². The van der Waals surface area contributed by atoms with E-state index in [1.54, 1.807) is 19.1 Å². The van der Waals surface area contributed by atoms with E-state index in [-0.39, 0.29) is 11.5 Å². The van der Waals surface area contributed by atoms with Crippen LogP contribution in [0.25, 0.3) is 5.76 Å². The standard InChI is InChI=1S/C11H11BrO2/c1-2-10(13)7-11(14)8-3-5-9(12)6-4-8/h3-7,14H,2H2,1H3/b11-7+. The molecule has 0 radical (unpaired) electrons. The summed E-state index contributed by atoms with van der Waals surface area (Å²) < 4.78 is 0.941. The van der Waals surface area contributed by atoms with Gasteiger partial charge in [-0.05, 0) is 12.1 Å². The molecule has 0 heterocycles. The summed E-state index contributed by atoms with van der Waals surface area (Å²) in [5, 5.41) is 9.54. The van der Waals surface area contributed by atoms with Crippen molar-refractivity contribution in [3.8, 4) is 0 Å². The highest BCUT2D eigenvalue weighted by Crippen LogP contribution is 2.15. The molecule has 0 spiro atoms. The molecule has 0 saturated heterocycles. The topological polar surface area (TPSA) is 37.3 Å². The molecular formula is C11H11BrO2. The lowest BCUT2D eigenvalue weighted by molar-refractivity contribution is -0.114. The highest BCUT2D eigenvalue weighted by atomic mass is 79.9. The van der Waals surface area contributed by atoms with Crippen LogP contribution in [0.3, 0.4) is 0 Å². The molecule has 0 unspecified atom stereocenters. The average molecular weight is 255 g/mol. The number of carbonyl (C=O) groups is 1. The first-order chi connectivity index (χ1) is 6.63. The lowest BCUT2D eigenvalue weighted by Crippen LogP contribution is -1.92. The van der Waals surface area contributed by atoms with Crippen molar-refractivity contribution < 1.29 is 9.90 Å².